The lowest BCUT2D eigenvalue weighted by Gasteiger charge is -2.27. The van der Waals surface area contributed by atoms with E-state index < -0.39 is 0 Å². The molecular formula is C8H18N. The summed E-state index contributed by atoms with van der Waals surface area (Å²) in [5.74, 6) is 0. The van der Waals surface area contributed by atoms with E-state index in [0.29, 0.717) is 5.54 Å². The predicted molar refractivity (Wildman–Crippen MR) is 42.1 cm³/mol. The molecule has 0 fully saturated rings. The molecular weight excluding hydrogens is 110 g/mol. The van der Waals surface area contributed by atoms with Gasteiger partial charge in [-0.25, -0.2) is 0 Å². The fourth-order valence-electron chi connectivity index (χ4n) is 0.803. The lowest BCUT2D eigenvalue weighted by atomic mass is 9.96. The molecule has 0 rings (SSSR count). The van der Waals surface area contributed by atoms with Crippen molar-refractivity contribution in [3.63, 3.8) is 0 Å². The van der Waals surface area contributed by atoms with Gasteiger partial charge in [0.2, 0.25) is 0 Å². The standard InChI is InChI=1S/C8H18N/c1-5-8(4,6-2)9-7-3/h7,9H,5-6H2,1-4H3. The van der Waals surface area contributed by atoms with E-state index in [-0.39, 0.29) is 0 Å². The maximum absolute atomic E-state index is 3.33. The molecule has 0 aliphatic heterocycles. The molecule has 1 heteroatoms. The smallest absolute Gasteiger partial charge is 0.0195 e. The summed E-state index contributed by atoms with van der Waals surface area (Å²) in [4.78, 5) is 0. The Bertz CT molecular complexity index is 65.0. The zero-order valence-corrected chi connectivity index (χ0v) is 6.99. The average molecular weight is 128 g/mol. The Morgan fingerprint density at radius 1 is 1.33 bits per heavy atom. The van der Waals surface area contributed by atoms with Gasteiger partial charge in [0.1, 0.15) is 0 Å². The van der Waals surface area contributed by atoms with E-state index in [1.807, 2.05) is 13.5 Å². The van der Waals surface area contributed by atoms with Crippen molar-refractivity contribution in [3.8, 4) is 0 Å². The Labute approximate surface area is 58.8 Å². The van der Waals surface area contributed by atoms with Crippen LogP contribution in [0.25, 0.3) is 0 Å². The molecule has 0 aromatic carbocycles. The third-order valence-electron chi connectivity index (χ3n) is 2.05. The molecule has 0 aromatic heterocycles. The highest BCUT2D eigenvalue weighted by Crippen LogP contribution is 2.12. The summed E-state index contributed by atoms with van der Waals surface area (Å²) in [6, 6.07) is 0. The van der Waals surface area contributed by atoms with Crippen LogP contribution in [-0.2, 0) is 0 Å². The summed E-state index contributed by atoms with van der Waals surface area (Å²) in [5, 5.41) is 3.33. The molecule has 55 valence electrons. The van der Waals surface area contributed by atoms with Gasteiger partial charge < -0.3 is 5.32 Å². The van der Waals surface area contributed by atoms with Crippen molar-refractivity contribution in [1.29, 1.82) is 0 Å². The van der Waals surface area contributed by atoms with Crippen molar-refractivity contribution in [2.75, 3.05) is 0 Å². The van der Waals surface area contributed by atoms with E-state index in [1.54, 1.807) is 0 Å². The number of nitrogens with one attached hydrogen (secondary N) is 1. The van der Waals surface area contributed by atoms with Gasteiger partial charge in [-0.05, 0) is 26.7 Å². The van der Waals surface area contributed by atoms with E-state index in [2.05, 4.69) is 26.1 Å². The van der Waals surface area contributed by atoms with Gasteiger partial charge in [0.25, 0.3) is 0 Å². The van der Waals surface area contributed by atoms with E-state index in [1.165, 1.54) is 12.8 Å². The normalized spacial score (nSPS) is 12.0. The first-order valence-corrected chi connectivity index (χ1v) is 3.74. The second-order valence-electron chi connectivity index (χ2n) is 2.70. The third-order valence-corrected chi connectivity index (χ3v) is 2.05. The molecule has 1 N–H and O–H groups in total. The van der Waals surface area contributed by atoms with Crippen LogP contribution in [0.4, 0.5) is 0 Å². The van der Waals surface area contributed by atoms with Crippen LogP contribution in [0.5, 0.6) is 0 Å². The first-order valence-electron chi connectivity index (χ1n) is 3.74. The first-order chi connectivity index (χ1) is 4.18. The van der Waals surface area contributed by atoms with Crippen LogP contribution >= 0.6 is 0 Å². The highest BCUT2D eigenvalue weighted by Gasteiger charge is 2.16. The Morgan fingerprint density at radius 2 is 1.78 bits per heavy atom. The molecule has 0 unspecified atom stereocenters. The van der Waals surface area contributed by atoms with Crippen molar-refractivity contribution in [1.82, 2.24) is 5.32 Å². The van der Waals surface area contributed by atoms with E-state index in [9.17, 15) is 0 Å². The zero-order valence-electron chi connectivity index (χ0n) is 6.99. The second-order valence-corrected chi connectivity index (χ2v) is 2.70. The van der Waals surface area contributed by atoms with E-state index in [4.69, 9.17) is 0 Å². The topological polar surface area (TPSA) is 12.0 Å². The fraction of sp³-hybridized carbons (Fsp3) is 0.875. The number of rotatable bonds is 4. The maximum atomic E-state index is 3.33. The molecule has 0 saturated carbocycles. The summed E-state index contributed by atoms with van der Waals surface area (Å²) < 4.78 is 0. The van der Waals surface area contributed by atoms with Gasteiger partial charge in [0.05, 0.1) is 0 Å². The fourth-order valence-corrected chi connectivity index (χ4v) is 0.803. The lowest BCUT2D eigenvalue weighted by Crippen LogP contribution is -2.38. The Hall–Kier alpha value is -0.0400. The van der Waals surface area contributed by atoms with Crippen LogP contribution in [0.3, 0.4) is 0 Å². The van der Waals surface area contributed by atoms with Crippen LogP contribution < -0.4 is 5.32 Å². The zero-order chi connectivity index (χ0) is 7.33. The summed E-state index contributed by atoms with van der Waals surface area (Å²) in [6.07, 6.45) is 2.38. The average Bonchev–Trinajstić information content (AvgIpc) is 1.89. The largest absolute Gasteiger partial charge is 0.308 e. The minimum Gasteiger partial charge on any atom is -0.308 e. The van der Waals surface area contributed by atoms with Crippen LogP contribution in [0.15, 0.2) is 0 Å². The molecule has 0 saturated heterocycles. The summed E-state index contributed by atoms with van der Waals surface area (Å²) >= 11 is 0. The van der Waals surface area contributed by atoms with Gasteiger partial charge in [-0.2, -0.15) is 0 Å². The van der Waals surface area contributed by atoms with Crippen LogP contribution in [-0.4, -0.2) is 5.54 Å². The quantitative estimate of drug-likeness (QED) is 0.612. The SMILES string of the molecule is C[CH]NC(C)(CC)CC. The molecule has 0 aliphatic rings. The molecule has 0 heterocycles. The minimum atomic E-state index is 0.328. The van der Waals surface area contributed by atoms with Crippen molar-refractivity contribution < 1.29 is 0 Å². The van der Waals surface area contributed by atoms with Gasteiger partial charge in [0, 0.05) is 12.1 Å². The Kier molecular flexibility index (Phi) is 3.87. The van der Waals surface area contributed by atoms with Crippen molar-refractivity contribution in [3.05, 3.63) is 6.54 Å². The lowest BCUT2D eigenvalue weighted by molar-refractivity contribution is 0.360. The third kappa shape index (κ3) is 2.85. The summed E-state index contributed by atoms with van der Waals surface area (Å²) in [7, 11) is 0. The molecule has 0 amide bonds. The number of hydrogen-bond acceptors (Lipinski definition) is 1. The van der Waals surface area contributed by atoms with Gasteiger partial charge >= 0.3 is 0 Å². The highest BCUT2D eigenvalue weighted by molar-refractivity contribution is 4.81. The van der Waals surface area contributed by atoms with Crippen LogP contribution in [0.1, 0.15) is 40.5 Å². The van der Waals surface area contributed by atoms with E-state index in [0.717, 1.165) is 0 Å². The molecule has 1 radical (unpaired) electrons. The highest BCUT2D eigenvalue weighted by atomic mass is 14.9. The van der Waals surface area contributed by atoms with Gasteiger partial charge in [-0.15, -0.1) is 0 Å². The monoisotopic (exact) mass is 128 g/mol. The van der Waals surface area contributed by atoms with Crippen molar-refractivity contribution in [2.24, 2.45) is 0 Å². The molecule has 0 bridgehead atoms. The second kappa shape index (κ2) is 3.89. The molecule has 1 nitrogen and oxygen atoms in total. The minimum absolute atomic E-state index is 0.328. The molecule has 0 atom stereocenters. The van der Waals surface area contributed by atoms with Crippen LogP contribution in [0, 0.1) is 6.54 Å². The predicted octanol–water partition coefficient (Wildman–Crippen LogP) is 2.34. The molecule has 0 aromatic rings. The Balaban J connectivity index is 3.62. The maximum Gasteiger partial charge on any atom is 0.0195 e. The van der Waals surface area contributed by atoms with Gasteiger partial charge in [-0.3, -0.25) is 0 Å². The first kappa shape index (κ1) is 8.96. The van der Waals surface area contributed by atoms with E-state index >= 15 is 0 Å². The number of hydrogen-bond donors (Lipinski definition) is 1. The molecule has 0 aliphatic carbocycles. The molecule has 0 spiro atoms. The Morgan fingerprint density at radius 3 is 1.89 bits per heavy atom. The van der Waals surface area contributed by atoms with Gasteiger partial charge in [-0.1, -0.05) is 13.8 Å². The summed E-state index contributed by atoms with van der Waals surface area (Å²) in [6.45, 7) is 10.7. The molecule has 9 heavy (non-hydrogen) atoms. The van der Waals surface area contributed by atoms with Crippen LogP contribution in [0.2, 0.25) is 0 Å². The summed E-state index contributed by atoms with van der Waals surface area (Å²) in [5.41, 5.74) is 0.328. The van der Waals surface area contributed by atoms with Crippen molar-refractivity contribution in [2.45, 2.75) is 46.1 Å². The van der Waals surface area contributed by atoms with Gasteiger partial charge in [0.15, 0.2) is 0 Å². The van der Waals surface area contributed by atoms with Crippen molar-refractivity contribution >= 4 is 0 Å².